The Kier molecular flexibility index (Phi) is 4.53. The van der Waals surface area contributed by atoms with Crippen molar-refractivity contribution >= 4 is 16.8 Å². The number of nitrogens with one attached hydrogen (secondary N) is 2. The number of rotatable bonds is 4. The van der Waals surface area contributed by atoms with Crippen LogP contribution in [0.1, 0.15) is 43.1 Å². The number of hydrogen-bond donors (Lipinski definition) is 2. The minimum absolute atomic E-state index is 0.0625. The Labute approximate surface area is 138 Å². The Morgan fingerprint density at radius 1 is 1.42 bits per heavy atom. The number of carbonyl (C=O) groups is 1. The van der Waals surface area contributed by atoms with Gasteiger partial charge >= 0.3 is 5.69 Å². The molecule has 1 amide bonds. The molecule has 0 spiro atoms. The van der Waals surface area contributed by atoms with E-state index < -0.39 is 5.69 Å². The third-order valence-corrected chi connectivity index (χ3v) is 4.22. The van der Waals surface area contributed by atoms with Gasteiger partial charge in [0, 0.05) is 24.8 Å². The normalized spacial score (nSPS) is 17.5. The van der Waals surface area contributed by atoms with E-state index in [1.165, 1.54) is 10.6 Å². The number of carbonyl (C=O) groups excluding carboxylic acids is 1. The topological polar surface area (TPSA) is 93.2 Å². The first kappa shape index (κ1) is 16.4. The van der Waals surface area contributed by atoms with Crippen molar-refractivity contribution in [2.24, 2.45) is 0 Å². The lowest BCUT2D eigenvalue weighted by Crippen LogP contribution is -2.36. The Bertz CT molecular complexity index is 876. The third kappa shape index (κ3) is 3.12. The molecule has 1 saturated heterocycles. The van der Waals surface area contributed by atoms with Gasteiger partial charge in [-0.25, -0.2) is 4.79 Å². The highest BCUT2D eigenvalue weighted by molar-refractivity contribution is 5.97. The van der Waals surface area contributed by atoms with Crippen LogP contribution in [0.2, 0.25) is 0 Å². The standard InChI is InChI=1S/C17H21N3O4/c1-10(2)20-16(22)13-6-5-11(8-14(13)19-17(20)23)15(21)18-9-12-4-3-7-24-12/h5-6,8,10,12H,3-4,7,9H2,1-2H3,(H,18,21)(H,19,23)/t12-/m1/s1. The van der Waals surface area contributed by atoms with Gasteiger partial charge in [-0.15, -0.1) is 0 Å². The van der Waals surface area contributed by atoms with E-state index in [1.807, 2.05) is 0 Å². The van der Waals surface area contributed by atoms with Gasteiger partial charge in [-0.2, -0.15) is 0 Å². The summed E-state index contributed by atoms with van der Waals surface area (Å²) in [5.41, 5.74) is -0.0565. The molecule has 2 heterocycles. The maximum atomic E-state index is 12.4. The smallest absolute Gasteiger partial charge is 0.329 e. The van der Waals surface area contributed by atoms with E-state index >= 15 is 0 Å². The van der Waals surface area contributed by atoms with Gasteiger partial charge in [-0.05, 0) is 44.9 Å². The van der Waals surface area contributed by atoms with Gasteiger partial charge in [-0.3, -0.25) is 14.2 Å². The molecule has 1 aromatic heterocycles. The van der Waals surface area contributed by atoms with Crippen molar-refractivity contribution in [3.05, 3.63) is 44.6 Å². The zero-order chi connectivity index (χ0) is 17.3. The molecule has 0 saturated carbocycles. The van der Waals surface area contributed by atoms with Crippen LogP contribution in [0, 0.1) is 0 Å². The van der Waals surface area contributed by atoms with Gasteiger partial charge in [0.15, 0.2) is 0 Å². The molecule has 1 atom stereocenters. The zero-order valence-corrected chi connectivity index (χ0v) is 13.8. The van der Waals surface area contributed by atoms with Gasteiger partial charge < -0.3 is 15.0 Å². The van der Waals surface area contributed by atoms with E-state index in [4.69, 9.17) is 4.74 Å². The van der Waals surface area contributed by atoms with Gasteiger partial charge in [0.05, 0.1) is 17.0 Å². The number of amides is 1. The predicted molar refractivity (Wildman–Crippen MR) is 90.5 cm³/mol. The lowest BCUT2D eigenvalue weighted by molar-refractivity contribution is 0.0858. The van der Waals surface area contributed by atoms with E-state index in [2.05, 4.69) is 10.3 Å². The Morgan fingerprint density at radius 3 is 2.88 bits per heavy atom. The molecule has 0 unspecified atom stereocenters. The van der Waals surface area contributed by atoms with Gasteiger partial charge in [0.25, 0.3) is 11.5 Å². The highest BCUT2D eigenvalue weighted by Gasteiger charge is 2.17. The minimum Gasteiger partial charge on any atom is -0.376 e. The maximum absolute atomic E-state index is 12.4. The lowest BCUT2D eigenvalue weighted by Gasteiger charge is -2.12. The van der Waals surface area contributed by atoms with Crippen LogP contribution in [-0.4, -0.2) is 34.7 Å². The third-order valence-electron chi connectivity index (χ3n) is 4.22. The SMILES string of the molecule is CC(C)n1c(=O)[nH]c2cc(C(=O)NC[C@H]3CCCO3)ccc2c1=O. The molecule has 2 aromatic rings. The molecule has 128 valence electrons. The summed E-state index contributed by atoms with van der Waals surface area (Å²) in [5, 5.41) is 3.21. The second-order valence-electron chi connectivity index (χ2n) is 6.30. The van der Waals surface area contributed by atoms with Gasteiger partial charge in [0.1, 0.15) is 0 Å². The molecule has 7 nitrogen and oxygen atoms in total. The van der Waals surface area contributed by atoms with Gasteiger partial charge in [0.2, 0.25) is 0 Å². The highest BCUT2D eigenvalue weighted by Crippen LogP contribution is 2.12. The summed E-state index contributed by atoms with van der Waals surface area (Å²) >= 11 is 0. The molecule has 0 aliphatic carbocycles. The summed E-state index contributed by atoms with van der Waals surface area (Å²) in [4.78, 5) is 39.4. The molecule has 0 bridgehead atoms. The second kappa shape index (κ2) is 6.60. The average Bonchev–Trinajstić information content (AvgIpc) is 3.05. The number of benzene rings is 1. The first-order chi connectivity index (χ1) is 11.5. The van der Waals surface area contributed by atoms with E-state index in [1.54, 1.807) is 26.0 Å². The average molecular weight is 331 g/mol. The molecular weight excluding hydrogens is 310 g/mol. The molecule has 2 N–H and O–H groups in total. The monoisotopic (exact) mass is 331 g/mol. The van der Waals surface area contributed by atoms with Crippen LogP contribution in [0.25, 0.3) is 10.9 Å². The summed E-state index contributed by atoms with van der Waals surface area (Å²) in [6.07, 6.45) is 2.02. The summed E-state index contributed by atoms with van der Waals surface area (Å²) < 4.78 is 6.64. The van der Waals surface area contributed by atoms with Crippen LogP contribution in [-0.2, 0) is 4.74 Å². The van der Waals surface area contributed by atoms with E-state index in [-0.39, 0.29) is 23.6 Å². The molecule has 7 heteroatoms. The van der Waals surface area contributed by atoms with Crippen molar-refractivity contribution in [3.8, 4) is 0 Å². The molecule has 3 rings (SSSR count). The molecule has 0 radical (unpaired) electrons. The summed E-state index contributed by atoms with van der Waals surface area (Å²) in [6, 6.07) is 4.47. The highest BCUT2D eigenvalue weighted by atomic mass is 16.5. The molecule has 1 fully saturated rings. The van der Waals surface area contributed by atoms with Crippen molar-refractivity contribution in [2.75, 3.05) is 13.2 Å². The Morgan fingerprint density at radius 2 is 2.21 bits per heavy atom. The molecule has 1 aliphatic heterocycles. The first-order valence-corrected chi connectivity index (χ1v) is 8.15. The van der Waals surface area contributed by atoms with Crippen molar-refractivity contribution < 1.29 is 9.53 Å². The van der Waals surface area contributed by atoms with Gasteiger partial charge in [-0.1, -0.05) is 0 Å². The molecular formula is C17H21N3O4. The predicted octanol–water partition coefficient (Wildman–Crippen LogP) is 1.18. The fourth-order valence-electron chi connectivity index (χ4n) is 2.96. The summed E-state index contributed by atoms with van der Waals surface area (Å²) in [6.45, 7) is 4.74. The number of H-pyrrole nitrogens is 1. The van der Waals surface area contributed by atoms with Crippen LogP contribution >= 0.6 is 0 Å². The van der Waals surface area contributed by atoms with Crippen molar-refractivity contribution in [2.45, 2.75) is 38.8 Å². The van der Waals surface area contributed by atoms with Crippen LogP contribution < -0.4 is 16.6 Å². The number of fused-ring (bicyclic) bond motifs is 1. The largest absolute Gasteiger partial charge is 0.376 e. The second-order valence-corrected chi connectivity index (χ2v) is 6.30. The Balaban J connectivity index is 1.88. The van der Waals surface area contributed by atoms with Crippen LogP contribution in [0.15, 0.2) is 27.8 Å². The fourth-order valence-corrected chi connectivity index (χ4v) is 2.96. The zero-order valence-electron chi connectivity index (χ0n) is 13.8. The van der Waals surface area contributed by atoms with Crippen molar-refractivity contribution in [3.63, 3.8) is 0 Å². The van der Waals surface area contributed by atoms with Crippen LogP contribution in [0.4, 0.5) is 0 Å². The van der Waals surface area contributed by atoms with Crippen molar-refractivity contribution in [1.29, 1.82) is 0 Å². The van der Waals surface area contributed by atoms with Crippen LogP contribution in [0.5, 0.6) is 0 Å². The van der Waals surface area contributed by atoms with Crippen molar-refractivity contribution in [1.82, 2.24) is 14.9 Å². The quantitative estimate of drug-likeness (QED) is 0.880. The van der Waals surface area contributed by atoms with E-state index in [9.17, 15) is 14.4 Å². The number of aromatic amines is 1. The number of nitrogens with zero attached hydrogens (tertiary/aromatic N) is 1. The van der Waals surface area contributed by atoms with E-state index in [0.717, 1.165) is 19.4 Å². The first-order valence-electron chi connectivity index (χ1n) is 8.15. The lowest BCUT2D eigenvalue weighted by atomic mass is 10.1. The maximum Gasteiger partial charge on any atom is 0.329 e. The number of ether oxygens (including phenoxy) is 1. The fraction of sp³-hybridized carbons (Fsp3) is 0.471. The number of aromatic nitrogens is 2. The molecule has 1 aromatic carbocycles. The van der Waals surface area contributed by atoms with E-state index in [0.29, 0.717) is 23.0 Å². The molecule has 1 aliphatic rings. The Hall–Kier alpha value is -2.41. The molecule has 24 heavy (non-hydrogen) atoms. The summed E-state index contributed by atoms with van der Waals surface area (Å²) in [5.74, 6) is -0.249. The number of hydrogen-bond acceptors (Lipinski definition) is 4. The van der Waals surface area contributed by atoms with Crippen LogP contribution in [0.3, 0.4) is 0 Å². The minimum atomic E-state index is -0.473. The summed E-state index contributed by atoms with van der Waals surface area (Å²) in [7, 11) is 0.